The molecule has 0 rings (SSSR count). The zero-order chi connectivity index (χ0) is 9.40. The zero-order valence-corrected chi connectivity index (χ0v) is 8.95. The van der Waals surface area contributed by atoms with Crippen molar-refractivity contribution < 1.29 is 19.4 Å². The maximum atomic E-state index is 10.7. The molecular formula is C7H12O4Si. The molecule has 4 nitrogen and oxygen atoms in total. The number of ether oxygens (including phenoxy) is 1. The van der Waals surface area contributed by atoms with Crippen LogP contribution in [-0.2, 0) is 14.3 Å². The third-order valence-corrected chi connectivity index (χ3v) is 1.81. The standard InChI is InChI=1S/C7H12O4Si/c8-6(9)2-3-7(10)11-4-1-5-12/h2-3H,1,4-5H2,12H3,(H,8,9)/b3-2+. The SMILES string of the molecule is O=C(O)/C=C/C(=O)OCCC[SiH3]. The van der Waals surface area contributed by atoms with Crippen LogP contribution in [0.1, 0.15) is 6.42 Å². The van der Waals surface area contributed by atoms with E-state index in [-0.39, 0.29) is 0 Å². The van der Waals surface area contributed by atoms with Crippen LogP contribution in [-0.4, -0.2) is 33.9 Å². The van der Waals surface area contributed by atoms with Crippen molar-refractivity contribution in [3.63, 3.8) is 0 Å². The molecule has 5 heteroatoms. The molecule has 0 aromatic heterocycles. The molecule has 0 unspecified atom stereocenters. The molecule has 12 heavy (non-hydrogen) atoms. The molecule has 0 saturated heterocycles. The number of hydrogen-bond donors (Lipinski definition) is 1. The van der Waals surface area contributed by atoms with Gasteiger partial charge in [0, 0.05) is 22.4 Å². The van der Waals surface area contributed by atoms with Crippen molar-refractivity contribution in [1.29, 1.82) is 0 Å². The van der Waals surface area contributed by atoms with Crippen molar-refractivity contribution in [2.75, 3.05) is 6.61 Å². The third-order valence-electron chi connectivity index (χ3n) is 1.10. The highest BCUT2D eigenvalue weighted by Gasteiger charge is 1.96. The first-order valence-corrected chi connectivity index (χ1v) is 5.16. The number of aliphatic carboxylic acids is 1. The maximum Gasteiger partial charge on any atom is 0.331 e. The monoisotopic (exact) mass is 188 g/mol. The number of rotatable bonds is 5. The topological polar surface area (TPSA) is 63.6 Å². The predicted molar refractivity (Wildman–Crippen MR) is 47.1 cm³/mol. The van der Waals surface area contributed by atoms with E-state index < -0.39 is 11.9 Å². The lowest BCUT2D eigenvalue weighted by molar-refractivity contribution is -0.138. The summed E-state index contributed by atoms with van der Waals surface area (Å²) in [6.45, 7) is 0.381. The first kappa shape index (κ1) is 10.9. The lowest BCUT2D eigenvalue weighted by atomic mass is 10.5. The van der Waals surface area contributed by atoms with Crippen molar-refractivity contribution in [2.45, 2.75) is 12.5 Å². The van der Waals surface area contributed by atoms with E-state index in [9.17, 15) is 9.59 Å². The van der Waals surface area contributed by atoms with Gasteiger partial charge in [-0.15, -0.1) is 0 Å². The summed E-state index contributed by atoms with van der Waals surface area (Å²) in [5, 5.41) is 8.14. The molecule has 68 valence electrons. The number of esters is 1. The molecule has 0 bridgehead atoms. The van der Waals surface area contributed by atoms with Gasteiger partial charge in [-0.3, -0.25) is 0 Å². The molecule has 0 fully saturated rings. The highest BCUT2D eigenvalue weighted by atomic mass is 28.1. The van der Waals surface area contributed by atoms with Crippen LogP contribution in [0.15, 0.2) is 12.2 Å². The average molecular weight is 188 g/mol. The number of carboxylic acid groups (broad SMARTS) is 1. The molecule has 0 amide bonds. The minimum Gasteiger partial charge on any atom is -0.478 e. The van der Waals surface area contributed by atoms with Gasteiger partial charge in [0.1, 0.15) is 0 Å². The fourth-order valence-electron chi connectivity index (χ4n) is 0.505. The lowest BCUT2D eigenvalue weighted by Gasteiger charge is -1.97. The van der Waals surface area contributed by atoms with Crippen LogP contribution in [0.5, 0.6) is 0 Å². The molecule has 0 spiro atoms. The molecule has 0 atom stereocenters. The Hall–Kier alpha value is -1.10. The van der Waals surface area contributed by atoms with Gasteiger partial charge < -0.3 is 9.84 Å². The summed E-state index contributed by atoms with van der Waals surface area (Å²) in [6.07, 6.45) is 2.54. The van der Waals surface area contributed by atoms with Gasteiger partial charge in [-0.1, -0.05) is 6.04 Å². The Morgan fingerprint density at radius 1 is 1.42 bits per heavy atom. The minimum atomic E-state index is -1.14. The van der Waals surface area contributed by atoms with E-state index >= 15 is 0 Å². The van der Waals surface area contributed by atoms with Gasteiger partial charge in [0.25, 0.3) is 0 Å². The Morgan fingerprint density at radius 3 is 2.58 bits per heavy atom. The van der Waals surface area contributed by atoms with E-state index in [0.29, 0.717) is 6.61 Å². The van der Waals surface area contributed by atoms with Gasteiger partial charge in [0.2, 0.25) is 0 Å². The fourth-order valence-corrected chi connectivity index (χ4v) is 0.793. The largest absolute Gasteiger partial charge is 0.478 e. The quantitative estimate of drug-likeness (QED) is 0.269. The number of carboxylic acids is 1. The van der Waals surface area contributed by atoms with E-state index in [1.54, 1.807) is 0 Å². The van der Waals surface area contributed by atoms with E-state index in [2.05, 4.69) is 4.74 Å². The average Bonchev–Trinajstić information content (AvgIpc) is 2.01. The summed E-state index contributed by atoms with van der Waals surface area (Å²) in [5.41, 5.74) is 0. The number of carbonyl (C=O) groups excluding carboxylic acids is 1. The Kier molecular flexibility index (Phi) is 5.99. The summed E-state index contributed by atoms with van der Waals surface area (Å²) in [7, 11) is 1.10. The fraction of sp³-hybridized carbons (Fsp3) is 0.429. The molecule has 0 aliphatic carbocycles. The maximum absolute atomic E-state index is 10.7. The second-order valence-corrected chi connectivity index (χ2v) is 3.19. The lowest BCUT2D eigenvalue weighted by Crippen LogP contribution is -2.03. The normalized spacial score (nSPS) is 10.3. The van der Waals surface area contributed by atoms with E-state index in [1.807, 2.05) is 0 Å². The van der Waals surface area contributed by atoms with Crippen molar-refractivity contribution in [1.82, 2.24) is 0 Å². The van der Waals surface area contributed by atoms with Crippen LogP contribution < -0.4 is 0 Å². The predicted octanol–water partition coefficient (Wildman–Crippen LogP) is -0.656. The molecule has 0 heterocycles. The Labute approximate surface area is 73.6 Å². The van der Waals surface area contributed by atoms with Gasteiger partial charge in [0.05, 0.1) is 6.61 Å². The molecule has 1 N–H and O–H groups in total. The Balaban J connectivity index is 3.53. The van der Waals surface area contributed by atoms with Crippen molar-refractivity contribution >= 4 is 22.2 Å². The summed E-state index contributed by atoms with van der Waals surface area (Å²) < 4.78 is 4.67. The van der Waals surface area contributed by atoms with Gasteiger partial charge in [-0.05, 0) is 6.42 Å². The Bertz CT molecular complexity index is 188. The summed E-state index contributed by atoms with van der Waals surface area (Å²) in [5.74, 6) is -1.73. The first-order valence-electron chi connectivity index (χ1n) is 3.74. The van der Waals surface area contributed by atoms with E-state index in [0.717, 1.165) is 34.9 Å². The van der Waals surface area contributed by atoms with Crippen LogP contribution in [0, 0.1) is 0 Å². The molecule has 0 radical (unpaired) electrons. The van der Waals surface area contributed by atoms with E-state index in [4.69, 9.17) is 5.11 Å². The van der Waals surface area contributed by atoms with Crippen LogP contribution in [0.25, 0.3) is 0 Å². The third kappa shape index (κ3) is 7.01. The Morgan fingerprint density at radius 2 is 2.08 bits per heavy atom. The first-order chi connectivity index (χ1) is 5.66. The summed E-state index contributed by atoms with van der Waals surface area (Å²) >= 11 is 0. The summed E-state index contributed by atoms with van der Waals surface area (Å²) in [6, 6.07) is 1.08. The number of carbonyl (C=O) groups is 2. The van der Waals surface area contributed by atoms with E-state index in [1.165, 1.54) is 0 Å². The highest BCUT2D eigenvalue weighted by Crippen LogP contribution is 1.88. The number of hydrogen-bond acceptors (Lipinski definition) is 3. The molecule has 0 aromatic rings. The zero-order valence-electron chi connectivity index (χ0n) is 6.95. The summed E-state index contributed by atoms with van der Waals surface area (Å²) in [4.78, 5) is 20.6. The van der Waals surface area contributed by atoms with Gasteiger partial charge >= 0.3 is 11.9 Å². The minimum absolute atomic E-state index is 0.381. The smallest absolute Gasteiger partial charge is 0.331 e. The molecule has 0 aliphatic rings. The van der Waals surface area contributed by atoms with Crippen LogP contribution in [0.3, 0.4) is 0 Å². The molecule has 0 aliphatic heterocycles. The molecule has 0 saturated carbocycles. The van der Waals surface area contributed by atoms with Gasteiger partial charge in [-0.2, -0.15) is 0 Å². The van der Waals surface area contributed by atoms with Crippen LogP contribution in [0.4, 0.5) is 0 Å². The highest BCUT2D eigenvalue weighted by molar-refractivity contribution is 6.08. The molecule has 0 aromatic carbocycles. The van der Waals surface area contributed by atoms with Crippen LogP contribution in [0.2, 0.25) is 6.04 Å². The molecular weight excluding hydrogens is 176 g/mol. The second-order valence-electron chi connectivity index (χ2n) is 2.19. The van der Waals surface area contributed by atoms with Crippen LogP contribution >= 0.6 is 0 Å². The second kappa shape index (κ2) is 6.60. The van der Waals surface area contributed by atoms with Crippen molar-refractivity contribution in [3.8, 4) is 0 Å². The van der Waals surface area contributed by atoms with Crippen molar-refractivity contribution in [3.05, 3.63) is 12.2 Å². The van der Waals surface area contributed by atoms with Gasteiger partial charge in [-0.25, -0.2) is 9.59 Å². The van der Waals surface area contributed by atoms with Crippen molar-refractivity contribution in [2.24, 2.45) is 0 Å². The van der Waals surface area contributed by atoms with Gasteiger partial charge in [0.15, 0.2) is 0 Å².